The number of amides is 1. The topological polar surface area (TPSA) is 66.8 Å². The fraction of sp³-hybridized carbons (Fsp3) is 0.379. The van der Waals surface area contributed by atoms with E-state index in [-0.39, 0.29) is 11.5 Å². The number of thiophene rings is 1. The third-order valence-electron chi connectivity index (χ3n) is 7.67. The second-order valence-corrected chi connectivity index (χ2v) is 10.8. The van der Waals surface area contributed by atoms with E-state index in [1.807, 2.05) is 29.5 Å². The normalized spacial score (nSPS) is 14.8. The molecule has 0 radical (unpaired) electrons. The molecule has 1 fully saturated rings. The molecular weight excluding hydrogens is 484 g/mol. The van der Waals surface area contributed by atoms with Crippen LogP contribution >= 0.6 is 11.3 Å². The number of aryl methyl sites for hydroxylation is 1. The summed E-state index contributed by atoms with van der Waals surface area (Å²) in [7, 11) is 5.41. The van der Waals surface area contributed by atoms with E-state index in [1.54, 1.807) is 18.7 Å². The standard InChI is InChI=1S/C29H34N4O3S/c1-19-22-7-5-6-8-26(22)37-29(19)31(3)20-11-13-32(14-12-20)15-16-33-25-17-21(36-4)9-10-23(25)24(18-27(33)34)28(35)30-2/h5-10,17-18,20H,11-16H2,1-4H3,(H,30,35). The van der Waals surface area contributed by atoms with Crippen LogP contribution in [0, 0.1) is 6.92 Å². The van der Waals surface area contributed by atoms with Crippen LogP contribution in [0.3, 0.4) is 0 Å². The number of likely N-dealkylation sites (tertiary alicyclic amines) is 1. The highest BCUT2D eigenvalue weighted by Gasteiger charge is 2.25. The quantitative estimate of drug-likeness (QED) is 0.390. The first kappa shape index (κ1) is 25.3. The molecule has 1 saturated heterocycles. The first-order chi connectivity index (χ1) is 17.9. The van der Waals surface area contributed by atoms with Gasteiger partial charge in [-0.05, 0) is 48.9 Å². The van der Waals surface area contributed by atoms with E-state index in [9.17, 15) is 9.59 Å². The number of ether oxygens (including phenoxy) is 1. The van der Waals surface area contributed by atoms with Crippen LogP contribution in [0.25, 0.3) is 21.0 Å². The smallest absolute Gasteiger partial charge is 0.251 e. The van der Waals surface area contributed by atoms with E-state index in [4.69, 9.17) is 4.74 Å². The molecule has 1 N–H and O–H groups in total. The fourth-order valence-electron chi connectivity index (χ4n) is 5.48. The number of hydrogen-bond donors (Lipinski definition) is 1. The summed E-state index contributed by atoms with van der Waals surface area (Å²) < 4.78 is 8.52. The number of methoxy groups -OCH3 is 1. The van der Waals surface area contributed by atoms with Crippen LogP contribution in [0.5, 0.6) is 5.75 Å². The maximum absolute atomic E-state index is 13.1. The number of carbonyl (C=O) groups excluding carboxylic acids is 1. The molecule has 1 amide bonds. The Kier molecular flexibility index (Phi) is 7.22. The van der Waals surface area contributed by atoms with Crippen LogP contribution < -0.4 is 20.5 Å². The monoisotopic (exact) mass is 518 g/mol. The second kappa shape index (κ2) is 10.6. The molecule has 0 unspecified atom stereocenters. The predicted octanol–water partition coefficient (Wildman–Crippen LogP) is 4.49. The molecule has 0 atom stereocenters. The van der Waals surface area contributed by atoms with Crippen molar-refractivity contribution in [3.63, 3.8) is 0 Å². The zero-order chi connectivity index (χ0) is 26.1. The van der Waals surface area contributed by atoms with Crippen molar-refractivity contribution in [3.05, 3.63) is 70.0 Å². The van der Waals surface area contributed by atoms with Gasteiger partial charge >= 0.3 is 0 Å². The largest absolute Gasteiger partial charge is 0.497 e. The Morgan fingerprint density at radius 1 is 1.11 bits per heavy atom. The summed E-state index contributed by atoms with van der Waals surface area (Å²) in [5.74, 6) is 0.398. The minimum atomic E-state index is -0.264. The maximum Gasteiger partial charge on any atom is 0.251 e. The van der Waals surface area contributed by atoms with Gasteiger partial charge in [-0.1, -0.05) is 18.2 Å². The molecule has 2 aromatic carbocycles. The number of aromatic nitrogens is 1. The summed E-state index contributed by atoms with van der Waals surface area (Å²) in [6.07, 6.45) is 2.17. The lowest BCUT2D eigenvalue weighted by Gasteiger charge is -2.37. The van der Waals surface area contributed by atoms with E-state index in [1.165, 1.54) is 26.7 Å². The minimum Gasteiger partial charge on any atom is -0.497 e. The highest BCUT2D eigenvalue weighted by Crippen LogP contribution is 2.38. The first-order valence-corrected chi connectivity index (χ1v) is 13.6. The number of nitrogens with one attached hydrogen (secondary N) is 1. The number of pyridine rings is 1. The molecule has 0 spiro atoms. The van der Waals surface area contributed by atoms with Crippen LogP contribution in [0.2, 0.25) is 0 Å². The van der Waals surface area contributed by atoms with E-state index in [0.717, 1.165) is 43.4 Å². The molecule has 0 bridgehead atoms. The van der Waals surface area contributed by atoms with Gasteiger partial charge in [-0.2, -0.15) is 0 Å². The summed E-state index contributed by atoms with van der Waals surface area (Å²) in [4.78, 5) is 30.4. The zero-order valence-electron chi connectivity index (χ0n) is 21.9. The van der Waals surface area contributed by atoms with Crippen molar-refractivity contribution in [1.82, 2.24) is 14.8 Å². The van der Waals surface area contributed by atoms with Gasteiger partial charge in [-0.15, -0.1) is 11.3 Å². The summed E-state index contributed by atoms with van der Waals surface area (Å²) in [6, 6.07) is 16.1. The number of anilines is 1. The molecule has 5 rings (SSSR count). The average Bonchev–Trinajstić information content (AvgIpc) is 3.27. The van der Waals surface area contributed by atoms with E-state index in [0.29, 0.717) is 23.9 Å². The van der Waals surface area contributed by atoms with Gasteiger partial charge in [0.05, 0.1) is 23.2 Å². The third kappa shape index (κ3) is 4.83. The van der Waals surface area contributed by atoms with Gasteiger partial charge in [0.15, 0.2) is 0 Å². The predicted molar refractivity (Wildman–Crippen MR) is 153 cm³/mol. The molecule has 1 aliphatic rings. The van der Waals surface area contributed by atoms with Crippen LogP contribution in [-0.2, 0) is 6.54 Å². The van der Waals surface area contributed by atoms with E-state index < -0.39 is 0 Å². The lowest BCUT2D eigenvalue weighted by atomic mass is 10.0. The van der Waals surface area contributed by atoms with Crippen LogP contribution in [0.4, 0.5) is 5.00 Å². The number of hydrogen-bond acceptors (Lipinski definition) is 6. The van der Waals surface area contributed by atoms with Crippen molar-refractivity contribution >= 4 is 43.2 Å². The molecule has 4 aromatic rings. The summed E-state index contributed by atoms with van der Waals surface area (Å²) in [6.45, 7) is 5.55. The first-order valence-electron chi connectivity index (χ1n) is 12.8. The Morgan fingerprint density at radius 2 is 1.86 bits per heavy atom. The number of benzene rings is 2. The van der Waals surface area contributed by atoms with Gasteiger partial charge in [0, 0.05) is 68.5 Å². The van der Waals surface area contributed by atoms with Gasteiger partial charge in [0.1, 0.15) is 5.75 Å². The third-order valence-corrected chi connectivity index (χ3v) is 9.04. The van der Waals surface area contributed by atoms with Crippen molar-refractivity contribution in [1.29, 1.82) is 0 Å². The number of rotatable bonds is 7. The Balaban J connectivity index is 1.29. The Bertz CT molecular complexity index is 1500. The summed E-state index contributed by atoms with van der Waals surface area (Å²) in [5.41, 5.74) is 2.31. The molecule has 3 heterocycles. The van der Waals surface area contributed by atoms with E-state index >= 15 is 0 Å². The van der Waals surface area contributed by atoms with Gasteiger partial charge in [-0.25, -0.2) is 0 Å². The van der Waals surface area contributed by atoms with Crippen molar-refractivity contribution < 1.29 is 9.53 Å². The molecule has 0 aliphatic carbocycles. The summed E-state index contributed by atoms with van der Waals surface area (Å²) >= 11 is 1.88. The van der Waals surface area contributed by atoms with Crippen molar-refractivity contribution in [2.75, 3.05) is 45.7 Å². The van der Waals surface area contributed by atoms with Crippen LogP contribution in [-0.4, -0.2) is 62.3 Å². The van der Waals surface area contributed by atoms with E-state index in [2.05, 4.69) is 53.4 Å². The molecular formula is C29H34N4O3S. The Hall–Kier alpha value is -3.36. The lowest BCUT2D eigenvalue weighted by molar-refractivity contribution is 0.0964. The lowest BCUT2D eigenvalue weighted by Crippen LogP contribution is -2.44. The van der Waals surface area contributed by atoms with Crippen molar-refractivity contribution in [2.45, 2.75) is 32.4 Å². The van der Waals surface area contributed by atoms with Crippen molar-refractivity contribution in [2.24, 2.45) is 0 Å². The molecule has 194 valence electrons. The van der Waals surface area contributed by atoms with Crippen LogP contribution in [0.1, 0.15) is 28.8 Å². The molecule has 8 heteroatoms. The second-order valence-electron chi connectivity index (χ2n) is 9.72. The highest BCUT2D eigenvalue weighted by molar-refractivity contribution is 7.23. The number of fused-ring (bicyclic) bond motifs is 2. The molecule has 37 heavy (non-hydrogen) atoms. The van der Waals surface area contributed by atoms with Gasteiger partial charge < -0.3 is 24.4 Å². The number of piperidine rings is 1. The molecule has 0 saturated carbocycles. The van der Waals surface area contributed by atoms with Crippen molar-refractivity contribution in [3.8, 4) is 5.75 Å². The van der Waals surface area contributed by atoms with Gasteiger partial charge in [0.25, 0.3) is 11.5 Å². The maximum atomic E-state index is 13.1. The van der Waals surface area contributed by atoms with Gasteiger partial charge in [0.2, 0.25) is 0 Å². The van der Waals surface area contributed by atoms with Crippen LogP contribution in [0.15, 0.2) is 53.3 Å². The minimum absolute atomic E-state index is 0.172. The Labute approximate surface area is 221 Å². The average molecular weight is 519 g/mol. The SMILES string of the molecule is CNC(=O)c1cc(=O)n(CCN2CCC(N(C)c3sc4ccccc4c3C)CC2)c2cc(OC)ccc12. The Morgan fingerprint density at radius 3 is 2.57 bits per heavy atom. The zero-order valence-corrected chi connectivity index (χ0v) is 22.7. The highest BCUT2D eigenvalue weighted by atomic mass is 32.1. The van der Waals surface area contributed by atoms with Gasteiger partial charge in [-0.3, -0.25) is 9.59 Å². The fourth-order valence-corrected chi connectivity index (χ4v) is 6.72. The molecule has 2 aromatic heterocycles. The number of carbonyl (C=O) groups is 1. The molecule has 1 aliphatic heterocycles. The summed E-state index contributed by atoms with van der Waals surface area (Å²) in [5, 5.41) is 6.10. The molecule has 7 nitrogen and oxygen atoms in total. The number of nitrogens with zero attached hydrogens (tertiary/aromatic N) is 3.